The lowest BCUT2D eigenvalue weighted by molar-refractivity contribution is -0.384. The van der Waals surface area contributed by atoms with E-state index in [1.165, 1.54) is 0 Å². The molecule has 0 N–H and O–H groups in total. The first-order valence-electron chi connectivity index (χ1n) is 11.7. The summed E-state index contributed by atoms with van der Waals surface area (Å²) in [4.78, 5) is 11.8. The molecule has 6 aromatic rings. The number of hydrogen-bond acceptors (Lipinski definition) is 3. The van der Waals surface area contributed by atoms with Gasteiger partial charge in [0.25, 0.3) is 5.69 Å². The van der Waals surface area contributed by atoms with E-state index in [2.05, 4.69) is 41.0 Å². The van der Waals surface area contributed by atoms with Crippen molar-refractivity contribution in [3.8, 4) is 16.8 Å². The number of benzene rings is 4. The van der Waals surface area contributed by atoms with Crippen LogP contribution in [0.4, 0.5) is 5.69 Å². The molecule has 0 saturated heterocycles. The van der Waals surface area contributed by atoms with Crippen LogP contribution in [0.2, 0.25) is 0 Å². The van der Waals surface area contributed by atoms with Crippen LogP contribution < -0.4 is 0 Å². The van der Waals surface area contributed by atoms with E-state index in [-0.39, 0.29) is 10.6 Å². The van der Waals surface area contributed by atoms with E-state index in [4.69, 9.17) is 4.42 Å². The number of fused-ring (bicyclic) bond motifs is 6. The lowest BCUT2D eigenvalue weighted by Gasteiger charge is -2.11. The Kier molecular flexibility index (Phi) is 4.20. The molecular formula is C30H20N2O3. The molecule has 0 unspecified atom stereocenters. The Morgan fingerprint density at radius 3 is 2.26 bits per heavy atom. The first-order chi connectivity index (χ1) is 17.2. The van der Waals surface area contributed by atoms with E-state index in [1.807, 2.05) is 54.6 Å². The Morgan fingerprint density at radius 1 is 0.800 bits per heavy atom. The Labute approximate surface area is 200 Å². The number of rotatable bonds is 3. The molecule has 5 heteroatoms. The second-order valence-corrected chi connectivity index (χ2v) is 8.89. The van der Waals surface area contributed by atoms with Crippen molar-refractivity contribution in [3.05, 3.63) is 112 Å². The molecule has 0 atom stereocenters. The Morgan fingerprint density at radius 2 is 1.51 bits per heavy atom. The first-order valence-corrected chi connectivity index (χ1v) is 11.7. The van der Waals surface area contributed by atoms with Crippen LogP contribution in [-0.2, 0) is 6.42 Å². The summed E-state index contributed by atoms with van der Waals surface area (Å²) in [5.41, 5.74) is 6.12. The highest BCUT2D eigenvalue weighted by Gasteiger charge is 2.23. The molecule has 5 nitrogen and oxygen atoms in total. The zero-order valence-corrected chi connectivity index (χ0v) is 18.8. The summed E-state index contributed by atoms with van der Waals surface area (Å²) in [5.74, 6) is 0.941. The Hall–Kier alpha value is -4.64. The number of nitro benzene ring substituents is 1. The van der Waals surface area contributed by atoms with Crippen molar-refractivity contribution in [2.24, 2.45) is 0 Å². The second kappa shape index (κ2) is 7.43. The fourth-order valence-electron chi connectivity index (χ4n) is 5.42. The number of furan rings is 1. The van der Waals surface area contributed by atoms with E-state index in [9.17, 15) is 10.1 Å². The number of hydrogen-bond donors (Lipinski definition) is 0. The number of aromatic nitrogens is 1. The van der Waals surface area contributed by atoms with Crippen molar-refractivity contribution >= 4 is 44.5 Å². The fourth-order valence-corrected chi connectivity index (χ4v) is 5.42. The van der Waals surface area contributed by atoms with Crippen molar-refractivity contribution in [1.29, 1.82) is 0 Å². The van der Waals surface area contributed by atoms with Crippen LogP contribution in [0.1, 0.15) is 17.7 Å². The standard InChI is InChI=1S/C30H20N2O3/c33-32(34)28-17-16-19(31-26-13-4-1-8-20(26)21-9-2-5-14-27(21)31)18-25(28)24-12-7-11-23-22-10-3-6-15-29(22)35-30(23)24/h1-5,7-14,16-18H,6,15H2. The van der Waals surface area contributed by atoms with Crippen LogP contribution in [0.3, 0.4) is 0 Å². The van der Waals surface area contributed by atoms with Crippen molar-refractivity contribution in [2.45, 2.75) is 12.8 Å². The van der Waals surface area contributed by atoms with Gasteiger partial charge in [-0.1, -0.05) is 66.7 Å². The third-order valence-electron chi connectivity index (χ3n) is 6.96. The summed E-state index contributed by atoms with van der Waals surface area (Å²) < 4.78 is 8.48. The highest BCUT2D eigenvalue weighted by atomic mass is 16.6. The van der Waals surface area contributed by atoms with Crippen LogP contribution in [0.25, 0.3) is 55.7 Å². The normalized spacial score (nSPS) is 13.0. The molecule has 1 aliphatic carbocycles. The van der Waals surface area contributed by atoms with Crippen LogP contribution in [-0.4, -0.2) is 9.49 Å². The van der Waals surface area contributed by atoms with Gasteiger partial charge < -0.3 is 8.98 Å². The predicted molar refractivity (Wildman–Crippen MR) is 140 cm³/mol. The lowest BCUT2D eigenvalue weighted by atomic mass is 9.98. The van der Waals surface area contributed by atoms with Crippen molar-refractivity contribution in [1.82, 2.24) is 4.57 Å². The van der Waals surface area contributed by atoms with Gasteiger partial charge in [0.15, 0.2) is 0 Å². The van der Waals surface area contributed by atoms with E-state index in [1.54, 1.807) is 6.07 Å². The van der Waals surface area contributed by atoms with Gasteiger partial charge in [-0.3, -0.25) is 10.1 Å². The van der Waals surface area contributed by atoms with E-state index >= 15 is 0 Å². The summed E-state index contributed by atoms with van der Waals surface area (Å²) in [5, 5.41) is 15.4. The summed E-state index contributed by atoms with van der Waals surface area (Å²) in [7, 11) is 0. The van der Waals surface area contributed by atoms with Crippen molar-refractivity contribution in [2.75, 3.05) is 0 Å². The highest BCUT2D eigenvalue weighted by molar-refractivity contribution is 6.09. The minimum Gasteiger partial charge on any atom is -0.460 e. The molecule has 2 aromatic heterocycles. The third kappa shape index (κ3) is 2.88. The molecule has 0 fully saturated rings. The number of nitrogens with zero attached hydrogens (tertiary/aromatic N) is 2. The fraction of sp³-hybridized carbons (Fsp3) is 0.0667. The van der Waals surface area contributed by atoms with Gasteiger partial charge in [-0.05, 0) is 30.7 Å². The second-order valence-electron chi connectivity index (χ2n) is 8.89. The zero-order valence-electron chi connectivity index (χ0n) is 18.8. The average Bonchev–Trinajstić information content (AvgIpc) is 3.44. The van der Waals surface area contributed by atoms with Gasteiger partial charge in [0.05, 0.1) is 21.5 Å². The van der Waals surface area contributed by atoms with Gasteiger partial charge in [0, 0.05) is 45.5 Å². The SMILES string of the molecule is O=[N+]([O-])c1ccc(-n2c3ccccc3c3ccccc32)cc1-c1cccc2c3c(oc12)CCC=C3. The number of para-hydroxylation sites is 3. The van der Waals surface area contributed by atoms with Gasteiger partial charge in [-0.25, -0.2) is 0 Å². The van der Waals surface area contributed by atoms with Gasteiger partial charge in [-0.2, -0.15) is 0 Å². The van der Waals surface area contributed by atoms with Crippen molar-refractivity contribution in [3.63, 3.8) is 0 Å². The van der Waals surface area contributed by atoms with E-state index in [0.29, 0.717) is 11.1 Å². The van der Waals surface area contributed by atoms with Gasteiger partial charge in [0.1, 0.15) is 11.3 Å². The van der Waals surface area contributed by atoms with Gasteiger partial charge in [-0.15, -0.1) is 0 Å². The van der Waals surface area contributed by atoms with Crippen LogP contribution in [0.5, 0.6) is 0 Å². The van der Waals surface area contributed by atoms with E-state index < -0.39 is 0 Å². The number of aryl methyl sites for hydroxylation is 1. The molecule has 0 aliphatic heterocycles. The summed E-state index contributed by atoms with van der Waals surface area (Å²) in [6.45, 7) is 0. The molecule has 4 aromatic carbocycles. The highest BCUT2D eigenvalue weighted by Crippen LogP contribution is 2.41. The maximum atomic E-state index is 12.1. The molecule has 0 saturated carbocycles. The topological polar surface area (TPSA) is 61.2 Å². The molecular weight excluding hydrogens is 436 g/mol. The molecule has 0 amide bonds. The van der Waals surface area contributed by atoms with Crippen LogP contribution in [0, 0.1) is 10.1 Å². The number of allylic oxidation sites excluding steroid dienone is 1. The maximum Gasteiger partial charge on any atom is 0.277 e. The monoisotopic (exact) mass is 456 g/mol. The Bertz CT molecular complexity index is 1780. The summed E-state index contributed by atoms with van der Waals surface area (Å²) >= 11 is 0. The van der Waals surface area contributed by atoms with Gasteiger partial charge >= 0.3 is 0 Å². The smallest absolute Gasteiger partial charge is 0.277 e. The minimum atomic E-state index is -0.313. The van der Waals surface area contributed by atoms with Crippen LogP contribution >= 0.6 is 0 Å². The molecule has 0 spiro atoms. The molecule has 2 heterocycles. The van der Waals surface area contributed by atoms with Crippen LogP contribution in [0.15, 0.2) is 95.4 Å². The van der Waals surface area contributed by atoms with Crippen molar-refractivity contribution < 1.29 is 9.34 Å². The summed E-state index contributed by atoms with van der Waals surface area (Å²) in [6.07, 6.45) is 6.02. The first kappa shape index (κ1) is 19.8. The predicted octanol–water partition coefficient (Wildman–Crippen LogP) is 8.06. The molecule has 168 valence electrons. The van der Waals surface area contributed by atoms with Gasteiger partial charge in [0.2, 0.25) is 0 Å². The largest absolute Gasteiger partial charge is 0.460 e. The minimum absolute atomic E-state index is 0.0620. The molecule has 7 rings (SSSR count). The molecule has 35 heavy (non-hydrogen) atoms. The molecule has 1 aliphatic rings. The average molecular weight is 457 g/mol. The number of nitro groups is 1. The van der Waals surface area contributed by atoms with E-state index in [0.717, 1.165) is 62.6 Å². The quantitative estimate of drug-likeness (QED) is 0.200. The molecule has 0 bridgehead atoms. The third-order valence-corrected chi connectivity index (χ3v) is 6.96. The lowest BCUT2D eigenvalue weighted by Crippen LogP contribution is -1.98. The molecule has 0 radical (unpaired) electrons. The zero-order chi connectivity index (χ0) is 23.5. The Balaban J connectivity index is 1.54. The summed E-state index contributed by atoms with van der Waals surface area (Å²) in [6, 6.07) is 27.8. The maximum absolute atomic E-state index is 12.1.